The summed E-state index contributed by atoms with van der Waals surface area (Å²) in [7, 11) is 2.01. The lowest BCUT2D eigenvalue weighted by molar-refractivity contribution is 0.0884. The van der Waals surface area contributed by atoms with E-state index in [2.05, 4.69) is 12.2 Å². The molecule has 0 heterocycles. The fourth-order valence-electron chi connectivity index (χ4n) is 2.75. The number of likely N-dealkylation sites (N-methyl/N-ethyl adjacent to an activating group) is 1. The number of rotatable bonds is 4. The SMILES string of the molecule is CCC1CCC(NC)C(Oc2ccccc2Cl)C1. The lowest BCUT2D eigenvalue weighted by Gasteiger charge is -2.36. The van der Waals surface area contributed by atoms with E-state index in [0.717, 1.165) is 18.1 Å². The van der Waals surface area contributed by atoms with E-state index >= 15 is 0 Å². The van der Waals surface area contributed by atoms with Crippen molar-refractivity contribution in [3.63, 3.8) is 0 Å². The second-order valence-corrected chi connectivity index (χ2v) is 5.48. The van der Waals surface area contributed by atoms with Gasteiger partial charge in [0.15, 0.2) is 0 Å². The molecule has 0 saturated heterocycles. The summed E-state index contributed by atoms with van der Waals surface area (Å²) in [6.45, 7) is 2.26. The number of nitrogens with one attached hydrogen (secondary N) is 1. The van der Waals surface area contributed by atoms with Crippen LogP contribution in [-0.2, 0) is 0 Å². The molecule has 3 heteroatoms. The van der Waals surface area contributed by atoms with Gasteiger partial charge in [-0.15, -0.1) is 0 Å². The Kier molecular flexibility index (Phi) is 4.90. The van der Waals surface area contributed by atoms with Crippen molar-refractivity contribution in [3.05, 3.63) is 29.3 Å². The minimum Gasteiger partial charge on any atom is -0.487 e. The first kappa shape index (κ1) is 13.7. The molecule has 1 aromatic carbocycles. The van der Waals surface area contributed by atoms with Gasteiger partial charge in [-0.2, -0.15) is 0 Å². The number of benzene rings is 1. The van der Waals surface area contributed by atoms with Crippen LogP contribution in [-0.4, -0.2) is 19.2 Å². The van der Waals surface area contributed by atoms with Crippen molar-refractivity contribution in [1.82, 2.24) is 5.32 Å². The van der Waals surface area contributed by atoms with E-state index in [1.165, 1.54) is 19.3 Å². The summed E-state index contributed by atoms with van der Waals surface area (Å²) < 4.78 is 6.13. The molecule has 1 N–H and O–H groups in total. The van der Waals surface area contributed by atoms with Crippen molar-refractivity contribution in [3.8, 4) is 5.75 Å². The summed E-state index contributed by atoms with van der Waals surface area (Å²) in [4.78, 5) is 0. The molecule has 1 aliphatic carbocycles. The lowest BCUT2D eigenvalue weighted by Crippen LogP contribution is -2.45. The Labute approximate surface area is 115 Å². The molecule has 0 spiro atoms. The van der Waals surface area contributed by atoms with Crippen molar-refractivity contribution in [2.24, 2.45) is 5.92 Å². The second kappa shape index (κ2) is 6.44. The molecule has 2 rings (SSSR count). The molecule has 0 aliphatic heterocycles. The highest BCUT2D eigenvalue weighted by atomic mass is 35.5. The van der Waals surface area contributed by atoms with E-state index in [1.54, 1.807) is 0 Å². The summed E-state index contributed by atoms with van der Waals surface area (Å²) in [5.74, 6) is 1.59. The Morgan fingerprint density at radius 2 is 2.11 bits per heavy atom. The molecule has 0 radical (unpaired) electrons. The molecular formula is C15H22ClNO. The second-order valence-electron chi connectivity index (χ2n) is 5.07. The Balaban J connectivity index is 2.07. The zero-order valence-electron chi connectivity index (χ0n) is 11.2. The van der Waals surface area contributed by atoms with Crippen molar-refractivity contribution in [1.29, 1.82) is 0 Å². The first-order valence-electron chi connectivity index (χ1n) is 6.83. The number of hydrogen-bond donors (Lipinski definition) is 1. The van der Waals surface area contributed by atoms with Gasteiger partial charge in [0.2, 0.25) is 0 Å². The highest BCUT2D eigenvalue weighted by molar-refractivity contribution is 6.32. The molecule has 0 amide bonds. The van der Waals surface area contributed by atoms with Gasteiger partial charge >= 0.3 is 0 Å². The summed E-state index contributed by atoms with van der Waals surface area (Å²) in [5, 5.41) is 4.07. The van der Waals surface area contributed by atoms with Gasteiger partial charge in [-0.05, 0) is 44.4 Å². The van der Waals surface area contributed by atoms with Gasteiger partial charge in [0.25, 0.3) is 0 Å². The van der Waals surface area contributed by atoms with Crippen molar-refractivity contribution < 1.29 is 4.74 Å². The van der Waals surface area contributed by atoms with Crippen LogP contribution in [0, 0.1) is 5.92 Å². The van der Waals surface area contributed by atoms with Crippen LogP contribution in [0.25, 0.3) is 0 Å². The zero-order chi connectivity index (χ0) is 13.0. The van der Waals surface area contributed by atoms with E-state index in [1.807, 2.05) is 31.3 Å². The Morgan fingerprint density at radius 3 is 2.78 bits per heavy atom. The molecule has 1 fully saturated rings. The quantitative estimate of drug-likeness (QED) is 0.894. The third-order valence-electron chi connectivity index (χ3n) is 3.96. The number of ether oxygens (including phenoxy) is 1. The minimum atomic E-state index is 0.230. The first-order valence-corrected chi connectivity index (χ1v) is 7.20. The molecular weight excluding hydrogens is 246 g/mol. The van der Waals surface area contributed by atoms with Crippen LogP contribution in [0.1, 0.15) is 32.6 Å². The Hall–Kier alpha value is -0.730. The van der Waals surface area contributed by atoms with Gasteiger partial charge in [-0.3, -0.25) is 0 Å². The summed E-state index contributed by atoms with van der Waals surface area (Å²) in [6, 6.07) is 8.16. The maximum Gasteiger partial charge on any atom is 0.138 e. The van der Waals surface area contributed by atoms with Gasteiger partial charge in [0.05, 0.1) is 5.02 Å². The largest absolute Gasteiger partial charge is 0.487 e. The highest BCUT2D eigenvalue weighted by Crippen LogP contribution is 2.32. The molecule has 1 aromatic rings. The maximum atomic E-state index is 6.16. The molecule has 100 valence electrons. The molecule has 1 aliphatic rings. The van der Waals surface area contributed by atoms with Crippen LogP contribution in [0.3, 0.4) is 0 Å². The normalized spacial score (nSPS) is 28.1. The van der Waals surface area contributed by atoms with E-state index < -0.39 is 0 Å². The van der Waals surface area contributed by atoms with Crippen LogP contribution in [0.4, 0.5) is 0 Å². The Bertz CT molecular complexity index is 383. The first-order chi connectivity index (χ1) is 8.74. The topological polar surface area (TPSA) is 21.3 Å². The summed E-state index contributed by atoms with van der Waals surface area (Å²) in [5.41, 5.74) is 0. The third kappa shape index (κ3) is 3.18. The molecule has 18 heavy (non-hydrogen) atoms. The highest BCUT2D eigenvalue weighted by Gasteiger charge is 2.30. The molecule has 0 bridgehead atoms. The predicted molar refractivity (Wildman–Crippen MR) is 76.3 cm³/mol. The molecule has 3 atom stereocenters. The smallest absolute Gasteiger partial charge is 0.138 e. The van der Waals surface area contributed by atoms with Crippen molar-refractivity contribution in [2.45, 2.75) is 44.8 Å². The van der Waals surface area contributed by atoms with E-state index in [-0.39, 0.29) is 6.10 Å². The van der Waals surface area contributed by atoms with Crippen LogP contribution in [0.2, 0.25) is 5.02 Å². The van der Waals surface area contributed by atoms with Crippen LogP contribution < -0.4 is 10.1 Å². The van der Waals surface area contributed by atoms with E-state index in [4.69, 9.17) is 16.3 Å². The van der Waals surface area contributed by atoms with Crippen LogP contribution >= 0.6 is 11.6 Å². The summed E-state index contributed by atoms with van der Waals surface area (Å²) >= 11 is 6.16. The third-order valence-corrected chi connectivity index (χ3v) is 4.28. The van der Waals surface area contributed by atoms with E-state index in [9.17, 15) is 0 Å². The number of para-hydroxylation sites is 1. The van der Waals surface area contributed by atoms with Crippen molar-refractivity contribution >= 4 is 11.6 Å². The minimum absolute atomic E-state index is 0.230. The predicted octanol–water partition coefficient (Wildman–Crippen LogP) is 3.89. The standard InChI is InChI=1S/C15H22ClNO/c1-3-11-8-9-13(17-2)15(10-11)18-14-7-5-4-6-12(14)16/h4-7,11,13,15,17H,3,8-10H2,1-2H3. The van der Waals surface area contributed by atoms with Crippen LogP contribution in [0.5, 0.6) is 5.75 Å². The number of hydrogen-bond acceptors (Lipinski definition) is 2. The average Bonchev–Trinajstić information content (AvgIpc) is 2.41. The molecule has 3 unspecified atom stereocenters. The monoisotopic (exact) mass is 267 g/mol. The van der Waals surface area contributed by atoms with E-state index in [0.29, 0.717) is 11.1 Å². The lowest BCUT2D eigenvalue weighted by atomic mass is 9.82. The molecule has 0 aromatic heterocycles. The van der Waals surface area contributed by atoms with Gasteiger partial charge < -0.3 is 10.1 Å². The molecule has 1 saturated carbocycles. The summed E-state index contributed by atoms with van der Waals surface area (Å²) in [6.07, 6.45) is 5.06. The fraction of sp³-hybridized carbons (Fsp3) is 0.600. The average molecular weight is 268 g/mol. The van der Waals surface area contributed by atoms with Gasteiger partial charge in [-0.1, -0.05) is 37.1 Å². The van der Waals surface area contributed by atoms with Gasteiger partial charge in [-0.25, -0.2) is 0 Å². The van der Waals surface area contributed by atoms with Crippen molar-refractivity contribution in [2.75, 3.05) is 7.05 Å². The van der Waals surface area contributed by atoms with Gasteiger partial charge in [0, 0.05) is 6.04 Å². The maximum absolute atomic E-state index is 6.16. The zero-order valence-corrected chi connectivity index (χ0v) is 11.9. The van der Waals surface area contributed by atoms with Gasteiger partial charge in [0.1, 0.15) is 11.9 Å². The number of halogens is 1. The fourth-order valence-corrected chi connectivity index (χ4v) is 2.93. The van der Waals surface area contributed by atoms with Crippen LogP contribution in [0.15, 0.2) is 24.3 Å². The Morgan fingerprint density at radius 1 is 1.33 bits per heavy atom. The molecule has 2 nitrogen and oxygen atoms in total.